The van der Waals surface area contributed by atoms with Crippen LogP contribution in [0, 0.1) is 0 Å². The molecule has 1 rings (SSSR count). The van der Waals surface area contributed by atoms with E-state index in [2.05, 4.69) is 17.9 Å². The average molecular weight is 210 g/mol. The first-order valence-corrected chi connectivity index (χ1v) is 4.76. The third kappa shape index (κ3) is 3.81. The Hall–Kier alpha value is -1.00. The van der Waals surface area contributed by atoms with Crippen LogP contribution in [-0.2, 0) is 4.79 Å². The molecule has 0 spiro atoms. The van der Waals surface area contributed by atoms with Crippen LogP contribution < -0.4 is 5.32 Å². The Morgan fingerprint density at radius 3 is 2.43 bits per heavy atom. The van der Waals surface area contributed by atoms with Gasteiger partial charge < -0.3 is 10.2 Å². The number of thiol groups is 1. The van der Waals surface area contributed by atoms with Crippen molar-refractivity contribution in [2.75, 3.05) is 26.0 Å². The van der Waals surface area contributed by atoms with Gasteiger partial charge in [0.1, 0.15) is 0 Å². The minimum Gasteiger partial charge on any atom is -0.325 e. The largest absolute Gasteiger partial charge is 0.325 e. The van der Waals surface area contributed by atoms with E-state index in [1.807, 2.05) is 43.3 Å². The second-order valence-corrected chi connectivity index (χ2v) is 3.85. The van der Waals surface area contributed by atoms with Crippen LogP contribution in [0.25, 0.3) is 0 Å². The lowest BCUT2D eigenvalue weighted by molar-refractivity contribution is -0.116. The summed E-state index contributed by atoms with van der Waals surface area (Å²) in [5.41, 5.74) is 0.801. The van der Waals surface area contributed by atoms with Gasteiger partial charge in [-0.25, -0.2) is 0 Å². The Labute approximate surface area is 89.5 Å². The molecule has 0 bridgehead atoms. The van der Waals surface area contributed by atoms with E-state index in [1.54, 1.807) is 0 Å². The number of carbonyl (C=O) groups excluding carboxylic acids is 1. The third-order valence-corrected chi connectivity index (χ3v) is 1.91. The van der Waals surface area contributed by atoms with Gasteiger partial charge >= 0.3 is 0 Å². The van der Waals surface area contributed by atoms with Crippen molar-refractivity contribution < 1.29 is 4.79 Å². The number of rotatable bonds is 3. The standard InChI is InChI=1S/C10H14N2OS/c1-12(2)7-10(13)11-8-3-5-9(14)6-4-8/h3-6,14H,7H2,1-2H3,(H,11,13). The van der Waals surface area contributed by atoms with Crippen LogP contribution in [0.15, 0.2) is 29.2 Å². The Bertz CT molecular complexity index is 308. The minimum atomic E-state index is -0.0121. The third-order valence-electron chi connectivity index (χ3n) is 1.61. The molecule has 76 valence electrons. The number of hydrogen-bond acceptors (Lipinski definition) is 3. The van der Waals surface area contributed by atoms with E-state index in [0.29, 0.717) is 6.54 Å². The number of likely N-dealkylation sites (N-methyl/N-ethyl adjacent to an activating group) is 1. The van der Waals surface area contributed by atoms with Crippen molar-refractivity contribution in [1.29, 1.82) is 0 Å². The molecule has 0 unspecified atom stereocenters. The highest BCUT2D eigenvalue weighted by Gasteiger charge is 2.02. The van der Waals surface area contributed by atoms with Crippen LogP contribution >= 0.6 is 12.6 Å². The summed E-state index contributed by atoms with van der Waals surface area (Å²) >= 11 is 4.16. The van der Waals surface area contributed by atoms with Crippen LogP contribution in [0.2, 0.25) is 0 Å². The molecule has 1 amide bonds. The maximum atomic E-state index is 11.3. The Balaban J connectivity index is 2.52. The lowest BCUT2D eigenvalue weighted by atomic mass is 10.3. The maximum Gasteiger partial charge on any atom is 0.238 e. The van der Waals surface area contributed by atoms with E-state index >= 15 is 0 Å². The molecule has 0 aliphatic heterocycles. The molecule has 0 aromatic heterocycles. The molecule has 0 fully saturated rings. The summed E-state index contributed by atoms with van der Waals surface area (Å²) in [5.74, 6) is -0.0121. The maximum absolute atomic E-state index is 11.3. The molecule has 1 aromatic rings. The molecule has 0 saturated heterocycles. The minimum absolute atomic E-state index is 0.0121. The van der Waals surface area contributed by atoms with Crippen molar-refractivity contribution in [3.8, 4) is 0 Å². The molecule has 1 N–H and O–H groups in total. The van der Waals surface area contributed by atoms with Crippen LogP contribution in [0.5, 0.6) is 0 Å². The Morgan fingerprint density at radius 1 is 1.36 bits per heavy atom. The fourth-order valence-electron chi connectivity index (χ4n) is 1.03. The predicted molar refractivity (Wildman–Crippen MR) is 60.9 cm³/mol. The first-order chi connectivity index (χ1) is 6.58. The van der Waals surface area contributed by atoms with Gasteiger partial charge in [-0.1, -0.05) is 0 Å². The molecule has 1 aromatic carbocycles. The number of nitrogens with zero attached hydrogens (tertiary/aromatic N) is 1. The topological polar surface area (TPSA) is 32.3 Å². The first-order valence-electron chi connectivity index (χ1n) is 4.31. The summed E-state index contributed by atoms with van der Waals surface area (Å²) in [4.78, 5) is 14.0. The first kappa shape index (κ1) is 11.1. The zero-order chi connectivity index (χ0) is 10.6. The smallest absolute Gasteiger partial charge is 0.238 e. The monoisotopic (exact) mass is 210 g/mol. The molecule has 3 nitrogen and oxygen atoms in total. The summed E-state index contributed by atoms with van der Waals surface area (Å²) in [6.07, 6.45) is 0. The fourth-order valence-corrected chi connectivity index (χ4v) is 1.18. The Morgan fingerprint density at radius 2 is 1.93 bits per heavy atom. The molecule has 14 heavy (non-hydrogen) atoms. The summed E-state index contributed by atoms with van der Waals surface area (Å²) in [7, 11) is 3.72. The van der Waals surface area contributed by atoms with Crippen LogP contribution in [0.3, 0.4) is 0 Å². The highest BCUT2D eigenvalue weighted by atomic mass is 32.1. The van der Waals surface area contributed by atoms with Crippen LogP contribution in [0.4, 0.5) is 5.69 Å². The SMILES string of the molecule is CN(C)CC(=O)Nc1ccc(S)cc1. The lowest BCUT2D eigenvalue weighted by Crippen LogP contribution is -2.26. The number of carbonyl (C=O) groups is 1. The van der Waals surface area contributed by atoms with Gasteiger partial charge in [-0.15, -0.1) is 12.6 Å². The summed E-state index contributed by atoms with van der Waals surface area (Å²) in [6, 6.07) is 7.34. The molecule has 0 atom stereocenters. The zero-order valence-corrected chi connectivity index (χ0v) is 9.21. The van der Waals surface area contributed by atoms with Gasteiger partial charge in [-0.2, -0.15) is 0 Å². The van der Waals surface area contributed by atoms with Gasteiger partial charge in [-0.3, -0.25) is 4.79 Å². The van der Waals surface area contributed by atoms with Gasteiger partial charge in [0.15, 0.2) is 0 Å². The van der Waals surface area contributed by atoms with Gasteiger partial charge in [0, 0.05) is 10.6 Å². The van der Waals surface area contributed by atoms with E-state index in [4.69, 9.17) is 0 Å². The number of nitrogens with one attached hydrogen (secondary N) is 1. The Kier molecular flexibility index (Phi) is 3.98. The van der Waals surface area contributed by atoms with Gasteiger partial charge in [0.05, 0.1) is 6.54 Å². The lowest BCUT2D eigenvalue weighted by Gasteiger charge is -2.09. The van der Waals surface area contributed by atoms with Crippen molar-refractivity contribution in [3.05, 3.63) is 24.3 Å². The van der Waals surface area contributed by atoms with Crippen molar-refractivity contribution >= 4 is 24.2 Å². The van der Waals surface area contributed by atoms with Gasteiger partial charge in [-0.05, 0) is 38.4 Å². The van der Waals surface area contributed by atoms with E-state index in [-0.39, 0.29) is 5.91 Å². The number of benzene rings is 1. The second-order valence-electron chi connectivity index (χ2n) is 3.33. The van der Waals surface area contributed by atoms with E-state index in [1.165, 1.54) is 0 Å². The molecule has 0 saturated carbocycles. The molecule has 0 aliphatic rings. The molecule has 4 heteroatoms. The zero-order valence-electron chi connectivity index (χ0n) is 8.32. The van der Waals surface area contributed by atoms with E-state index in [9.17, 15) is 4.79 Å². The number of hydrogen-bond donors (Lipinski definition) is 2. The van der Waals surface area contributed by atoms with Crippen molar-refractivity contribution in [2.45, 2.75) is 4.90 Å². The van der Waals surface area contributed by atoms with E-state index in [0.717, 1.165) is 10.6 Å². The van der Waals surface area contributed by atoms with Gasteiger partial charge in [0.25, 0.3) is 0 Å². The highest BCUT2D eigenvalue weighted by molar-refractivity contribution is 7.80. The predicted octanol–water partition coefficient (Wildman–Crippen LogP) is 1.48. The summed E-state index contributed by atoms with van der Waals surface area (Å²) in [6.45, 7) is 0.391. The van der Waals surface area contributed by atoms with Crippen molar-refractivity contribution in [3.63, 3.8) is 0 Å². The second kappa shape index (κ2) is 5.02. The molecular formula is C10H14N2OS. The quantitative estimate of drug-likeness (QED) is 0.741. The molecule has 0 aliphatic carbocycles. The average Bonchev–Trinajstić information content (AvgIpc) is 2.07. The molecular weight excluding hydrogens is 196 g/mol. The van der Waals surface area contributed by atoms with Crippen molar-refractivity contribution in [2.24, 2.45) is 0 Å². The normalized spacial score (nSPS) is 10.3. The summed E-state index contributed by atoms with van der Waals surface area (Å²) < 4.78 is 0. The molecule has 0 radical (unpaired) electrons. The van der Waals surface area contributed by atoms with Crippen LogP contribution in [0.1, 0.15) is 0 Å². The van der Waals surface area contributed by atoms with Gasteiger partial charge in [0.2, 0.25) is 5.91 Å². The highest BCUT2D eigenvalue weighted by Crippen LogP contribution is 2.11. The fraction of sp³-hybridized carbons (Fsp3) is 0.300. The summed E-state index contributed by atoms with van der Waals surface area (Å²) in [5, 5.41) is 2.79. The number of amides is 1. The van der Waals surface area contributed by atoms with Crippen LogP contribution in [-0.4, -0.2) is 31.4 Å². The number of anilines is 1. The van der Waals surface area contributed by atoms with E-state index < -0.39 is 0 Å². The molecule has 0 heterocycles. The van der Waals surface area contributed by atoms with Crippen molar-refractivity contribution in [1.82, 2.24) is 4.90 Å².